The number of allylic oxidation sites excluding steroid dienone is 1. The van der Waals surface area contributed by atoms with Gasteiger partial charge in [0.1, 0.15) is 17.1 Å². The number of hydrogen-bond acceptors (Lipinski definition) is 9. The van der Waals surface area contributed by atoms with Gasteiger partial charge in [-0.2, -0.15) is 4.98 Å². The van der Waals surface area contributed by atoms with Crippen LogP contribution < -0.4 is 19.7 Å². The van der Waals surface area contributed by atoms with Gasteiger partial charge >= 0.3 is 0 Å². The fourth-order valence-electron chi connectivity index (χ4n) is 5.24. The number of methoxy groups -OCH3 is 2. The maximum absolute atomic E-state index is 12.6. The van der Waals surface area contributed by atoms with Gasteiger partial charge < -0.3 is 24.4 Å². The molecule has 0 bridgehead atoms. The molecule has 3 aromatic heterocycles. The van der Waals surface area contributed by atoms with Gasteiger partial charge in [-0.25, -0.2) is 9.97 Å². The molecule has 0 atom stereocenters. The van der Waals surface area contributed by atoms with E-state index in [1.807, 2.05) is 28.7 Å². The second-order valence-corrected chi connectivity index (χ2v) is 10.9. The molecule has 13 heteroatoms. The predicted molar refractivity (Wildman–Crippen MR) is 173 cm³/mol. The topological polar surface area (TPSA) is 103 Å². The van der Waals surface area contributed by atoms with E-state index in [0.717, 1.165) is 29.7 Å². The van der Waals surface area contributed by atoms with Crippen LogP contribution >= 0.6 is 34.8 Å². The number of pyridine rings is 1. The van der Waals surface area contributed by atoms with Crippen molar-refractivity contribution in [3.63, 3.8) is 0 Å². The smallest absolute Gasteiger partial charge is 0.229 e. The minimum absolute atomic E-state index is 0.124. The number of ether oxygens (including phenoxy) is 3. The average Bonchev–Trinajstić information content (AvgIpc) is 3.54. The molecule has 0 aliphatic carbocycles. The molecule has 1 N–H and O–H groups in total. The summed E-state index contributed by atoms with van der Waals surface area (Å²) in [4.78, 5) is 28.8. The number of nitrogens with zero attached hydrogens (tertiary/aromatic N) is 5. The van der Waals surface area contributed by atoms with Crippen molar-refractivity contribution in [2.75, 3.05) is 50.7 Å². The molecule has 0 unspecified atom stereocenters. The Bertz CT molecular complexity index is 1880. The van der Waals surface area contributed by atoms with Gasteiger partial charge in [0.25, 0.3) is 0 Å². The molecule has 5 aromatic rings. The first-order chi connectivity index (χ1) is 21.4. The lowest BCUT2D eigenvalue weighted by Crippen LogP contribution is -2.36. The van der Waals surface area contributed by atoms with Gasteiger partial charge in [-0.3, -0.25) is 9.20 Å². The SMILES string of the molecule is COc1cc(OC)c(Cl)c(-c2cc3cnc(Nc4ccc(N5CCOCC5)cc4CC(=O)/C=C\Cl)nc3n3ccnc23)c1Cl. The van der Waals surface area contributed by atoms with Crippen LogP contribution in [0.4, 0.5) is 17.3 Å². The largest absolute Gasteiger partial charge is 0.495 e. The van der Waals surface area contributed by atoms with Gasteiger partial charge in [0, 0.05) is 77.6 Å². The van der Waals surface area contributed by atoms with Crippen molar-refractivity contribution in [2.45, 2.75) is 6.42 Å². The Kier molecular flexibility index (Phi) is 8.76. The van der Waals surface area contributed by atoms with E-state index in [4.69, 9.17) is 54.0 Å². The molecule has 0 radical (unpaired) electrons. The molecule has 1 aliphatic rings. The van der Waals surface area contributed by atoms with E-state index >= 15 is 0 Å². The summed E-state index contributed by atoms with van der Waals surface area (Å²) in [5.74, 6) is 1.05. The molecule has 1 fully saturated rings. The number of anilines is 3. The highest BCUT2D eigenvalue weighted by atomic mass is 35.5. The number of aromatic nitrogens is 4. The van der Waals surface area contributed by atoms with E-state index in [2.05, 4.69) is 20.2 Å². The summed E-state index contributed by atoms with van der Waals surface area (Å²) >= 11 is 19.2. The molecule has 226 valence electrons. The first-order valence-electron chi connectivity index (χ1n) is 13.7. The highest BCUT2D eigenvalue weighted by Crippen LogP contribution is 2.47. The minimum atomic E-state index is -0.124. The summed E-state index contributed by atoms with van der Waals surface area (Å²) < 4.78 is 18.3. The van der Waals surface area contributed by atoms with Crippen LogP contribution in [0.2, 0.25) is 10.0 Å². The molecule has 1 aliphatic heterocycles. The summed E-state index contributed by atoms with van der Waals surface area (Å²) in [7, 11) is 3.05. The van der Waals surface area contributed by atoms with Gasteiger partial charge in [0.2, 0.25) is 5.95 Å². The third kappa shape index (κ3) is 5.73. The summed E-state index contributed by atoms with van der Waals surface area (Å²) in [6, 6.07) is 9.47. The van der Waals surface area contributed by atoms with Crippen LogP contribution in [0.3, 0.4) is 0 Å². The Hall–Kier alpha value is -4.09. The van der Waals surface area contributed by atoms with Crippen molar-refractivity contribution < 1.29 is 19.0 Å². The number of nitrogens with one attached hydrogen (secondary N) is 1. The van der Waals surface area contributed by atoms with E-state index in [9.17, 15) is 4.79 Å². The van der Waals surface area contributed by atoms with E-state index in [-0.39, 0.29) is 12.2 Å². The lowest BCUT2D eigenvalue weighted by molar-refractivity contribution is -0.114. The number of halogens is 3. The molecular formula is C31H27Cl3N6O4. The summed E-state index contributed by atoms with van der Waals surface area (Å²) in [5.41, 5.74) is 6.09. The van der Waals surface area contributed by atoms with Crippen molar-refractivity contribution in [3.8, 4) is 22.6 Å². The van der Waals surface area contributed by atoms with Gasteiger partial charge in [0.15, 0.2) is 11.4 Å². The number of hydrogen-bond donors (Lipinski definition) is 1. The third-order valence-corrected chi connectivity index (χ3v) is 8.25. The molecule has 2 aromatic carbocycles. The Balaban J connectivity index is 1.42. The first-order valence-corrected chi connectivity index (χ1v) is 14.9. The minimum Gasteiger partial charge on any atom is -0.495 e. The molecule has 0 saturated carbocycles. The van der Waals surface area contributed by atoms with Crippen molar-refractivity contribution >= 4 is 74.6 Å². The zero-order valence-electron chi connectivity index (χ0n) is 23.8. The zero-order chi connectivity index (χ0) is 30.8. The maximum atomic E-state index is 12.6. The second kappa shape index (κ2) is 12.9. The quantitative estimate of drug-likeness (QED) is 0.174. The Labute approximate surface area is 268 Å². The van der Waals surface area contributed by atoms with Gasteiger partial charge in [-0.15, -0.1) is 0 Å². The lowest BCUT2D eigenvalue weighted by atomic mass is 10.0. The summed E-state index contributed by atoms with van der Waals surface area (Å²) in [6.07, 6.45) is 6.68. The molecule has 0 amide bonds. The number of benzene rings is 2. The lowest BCUT2D eigenvalue weighted by Gasteiger charge is -2.29. The molecule has 4 heterocycles. The fraction of sp³-hybridized carbons (Fsp3) is 0.226. The van der Waals surface area contributed by atoms with E-state index < -0.39 is 0 Å². The number of imidazole rings is 1. The van der Waals surface area contributed by atoms with Crippen molar-refractivity contribution in [2.24, 2.45) is 0 Å². The van der Waals surface area contributed by atoms with Gasteiger partial charge in [-0.1, -0.05) is 34.8 Å². The second-order valence-electron chi connectivity index (χ2n) is 9.94. The van der Waals surface area contributed by atoms with Crippen molar-refractivity contribution in [1.82, 2.24) is 19.4 Å². The number of ketones is 1. The van der Waals surface area contributed by atoms with E-state index in [0.29, 0.717) is 68.8 Å². The number of carbonyl (C=O) groups excluding carboxylic acids is 1. The molecule has 6 rings (SSSR count). The normalized spacial score (nSPS) is 13.6. The Morgan fingerprint density at radius 3 is 2.50 bits per heavy atom. The number of morpholine rings is 1. The monoisotopic (exact) mass is 652 g/mol. The maximum Gasteiger partial charge on any atom is 0.229 e. The summed E-state index contributed by atoms with van der Waals surface area (Å²) in [5, 5.41) is 4.68. The van der Waals surface area contributed by atoms with E-state index in [1.165, 1.54) is 25.8 Å². The van der Waals surface area contributed by atoms with Crippen LogP contribution in [-0.2, 0) is 16.0 Å². The number of carbonyl (C=O) groups is 1. The van der Waals surface area contributed by atoms with Crippen molar-refractivity contribution in [1.29, 1.82) is 0 Å². The third-order valence-electron chi connectivity index (χ3n) is 7.37. The van der Waals surface area contributed by atoms with E-state index in [1.54, 1.807) is 24.7 Å². The zero-order valence-corrected chi connectivity index (χ0v) is 26.1. The van der Waals surface area contributed by atoms with Crippen LogP contribution in [0.5, 0.6) is 11.5 Å². The van der Waals surface area contributed by atoms with Gasteiger partial charge in [-0.05, 0) is 35.9 Å². The highest BCUT2D eigenvalue weighted by Gasteiger charge is 2.23. The number of fused-ring (bicyclic) bond motifs is 3. The van der Waals surface area contributed by atoms with Crippen LogP contribution in [0.25, 0.3) is 27.8 Å². The van der Waals surface area contributed by atoms with Crippen LogP contribution in [0.1, 0.15) is 5.56 Å². The first kappa shape index (κ1) is 30.0. The summed E-state index contributed by atoms with van der Waals surface area (Å²) in [6.45, 7) is 2.86. The molecule has 0 spiro atoms. The molecule has 10 nitrogen and oxygen atoms in total. The Morgan fingerprint density at radius 1 is 1.05 bits per heavy atom. The van der Waals surface area contributed by atoms with Gasteiger partial charge in [0.05, 0.1) is 37.5 Å². The standard InChI is InChI=1S/C31H27Cl3N6O4/c1-42-24-16-25(43-2)28(34)26(27(24)33)22-15-19-17-36-31(38-29(19)40-8-7-35-30(22)40)37-23-4-3-20(39-9-11-44-12-10-39)13-18(23)14-21(41)5-6-32/h3-8,13,15-17H,9-12,14H2,1-2H3,(H,36,37,38)/b6-5-. The van der Waals surface area contributed by atoms with Crippen molar-refractivity contribution in [3.05, 3.63) is 76.1 Å². The molecule has 44 heavy (non-hydrogen) atoms. The fourth-order valence-corrected chi connectivity index (χ4v) is 6.09. The van der Waals surface area contributed by atoms with Crippen LogP contribution in [0.15, 0.2) is 60.5 Å². The average molecular weight is 654 g/mol. The molecule has 1 saturated heterocycles. The number of rotatable bonds is 9. The predicted octanol–water partition coefficient (Wildman–Crippen LogP) is 6.71. The Morgan fingerprint density at radius 2 is 1.80 bits per heavy atom. The van der Waals surface area contributed by atoms with Crippen LogP contribution in [-0.4, -0.2) is 65.7 Å². The highest BCUT2D eigenvalue weighted by molar-refractivity contribution is 6.41. The molecular weight excluding hydrogens is 627 g/mol. The van der Waals surface area contributed by atoms with Crippen LogP contribution in [0, 0.1) is 0 Å².